The molecule has 5 nitrogen and oxygen atoms in total. The van der Waals surface area contributed by atoms with Crippen LogP contribution in [0.1, 0.15) is 46.0 Å². The maximum Gasteiger partial charge on any atom is 0.308 e. The van der Waals surface area contributed by atoms with Crippen LogP contribution in [0.15, 0.2) is 0 Å². The van der Waals surface area contributed by atoms with Gasteiger partial charge in [0.1, 0.15) is 0 Å². The van der Waals surface area contributed by atoms with Crippen LogP contribution in [-0.2, 0) is 14.3 Å². The molecular weight excluding hydrogens is 258 g/mol. The van der Waals surface area contributed by atoms with Crippen LogP contribution in [0.5, 0.6) is 0 Å². The van der Waals surface area contributed by atoms with E-state index in [0.29, 0.717) is 44.9 Å². The average Bonchev–Trinajstić information content (AvgIpc) is 2.44. The number of hydrogen-bond donors (Lipinski definition) is 2. The first-order valence-electron chi connectivity index (χ1n) is 7.62. The summed E-state index contributed by atoms with van der Waals surface area (Å²) in [4.78, 5) is 11.7. The standard InChI is InChI=1S/C15H29NO4/c1-4-20-14(17)13-5-8-15(18,9-6-13)11-16-12(2)7-10-19-3/h12-13,16,18H,4-11H2,1-3H3. The van der Waals surface area contributed by atoms with Crippen LogP contribution in [0, 0.1) is 5.92 Å². The Morgan fingerprint density at radius 2 is 2.10 bits per heavy atom. The molecule has 0 aromatic carbocycles. The van der Waals surface area contributed by atoms with Crippen LogP contribution >= 0.6 is 0 Å². The summed E-state index contributed by atoms with van der Waals surface area (Å²) in [6.07, 6.45) is 3.66. The molecule has 118 valence electrons. The van der Waals surface area contributed by atoms with E-state index in [9.17, 15) is 9.90 Å². The Balaban J connectivity index is 2.29. The average molecular weight is 287 g/mol. The molecule has 0 bridgehead atoms. The number of esters is 1. The van der Waals surface area contributed by atoms with Gasteiger partial charge in [0, 0.05) is 26.3 Å². The van der Waals surface area contributed by atoms with Gasteiger partial charge in [0.2, 0.25) is 0 Å². The molecule has 0 amide bonds. The molecule has 1 saturated carbocycles. The second kappa shape index (κ2) is 8.60. The summed E-state index contributed by atoms with van der Waals surface area (Å²) >= 11 is 0. The van der Waals surface area contributed by atoms with Crippen molar-refractivity contribution in [2.45, 2.75) is 57.6 Å². The first kappa shape index (κ1) is 17.4. The zero-order valence-corrected chi connectivity index (χ0v) is 13.0. The van der Waals surface area contributed by atoms with E-state index in [2.05, 4.69) is 12.2 Å². The highest BCUT2D eigenvalue weighted by molar-refractivity contribution is 5.72. The Morgan fingerprint density at radius 3 is 2.65 bits per heavy atom. The van der Waals surface area contributed by atoms with Crippen molar-refractivity contribution in [2.75, 3.05) is 26.9 Å². The zero-order valence-electron chi connectivity index (χ0n) is 13.0. The van der Waals surface area contributed by atoms with Crippen molar-refractivity contribution >= 4 is 5.97 Å². The van der Waals surface area contributed by atoms with Gasteiger partial charge in [0.15, 0.2) is 0 Å². The fourth-order valence-corrected chi connectivity index (χ4v) is 2.59. The van der Waals surface area contributed by atoms with E-state index >= 15 is 0 Å². The van der Waals surface area contributed by atoms with Crippen LogP contribution in [0.4, 0.5) is 0 Å². The highest BCUT2D eigenvalue weighted by Gasteiger charge is 2.36. The number of methoxy groups -OCH3 is 1. The topological polar surface area (TPSA) is 67.8 Å². The number of ether oxygens (including phenoxy) is 2. The summed E-state index contributed by atoms with van der Waals surface area (Å²) in [7, 11) is 1.69. The van der Waals surface area contributed by atoms with Gasteiger partial charge in [-0.2, -0.15) is 0 Å². The molecule has 1 unspecified atom stereocenters. The minimum absolute atomic E-state index is 0.0406. The number of carbonyl (C=O) groups excluding carboxylic acids is 1. The van der Waals surface area contributed by atoms with Crippen molar-refractivity contribution in [1.82, 2.24) is 5.32 Å². The minimum Gasteiger partial charge on any atom is -0.466 e. The lowest BCUT2D eigenvalue weighted by molar-refractivity contribution is -0.151. The van der Waals surface area contributed by atoms with Gasteiger partial charge in [-0.3, -0.25) is 4.79 Å². The Hall–Kier alpha value is -0.650. The Labute approximate surface area is 122 Å². The summed E-state index contributed by atoms with van der Waals surface area (Å²) in [5.41, 5.74) is -0.690. The molecule has 0 aromatic rings. The van der Waals surface area contributed by atoms with E-state index in [4.69, 9.17) is 9.47 Å². The van der Waals surface area contributed by atoms with E-state index in [-0.39, 0.29) is 11.9 Å². The number of carbonyl (C=O) groups is 1. The van der Waals surface area contributed by atoms with Crippen molar-refractivity contribution in [3.8, 4) is 0 Å². The van der Waals surface area contributed by atoms with Gasteiger partial charge in [-0.25, -0.2) is 0 Å². The Morgan fingerprint density at radius 1 is 1.45 bits per heavy atom. The van der Waals surface area contributed by atoms with Gasteiger partial charge >= 0.3 is 5.97 Å². The second-order valence-electron chi connectivity index (χ2n) is 5.81. The molecule has 0 radical (unpaired) electrons. The smallest absolute Gasteiger partial charge is 0.308 e. The fourth-order valence-electron chi connectivity index (χ4n) is 2.59. The normalized spacial score (nSPS) is 28.1. The van der Waals surface area contributed by atoms with E-state index in [1.165, 1.54) is 0 Å². The van der Waals surface area contributed by atoms with Crippen molar-refractivity contribution in [2.24, 2.45) is 5.92 Å². The first-order valence-corrected chi connectivity index (χ1v) is 7.62. The van der Waals surface area contributed by atoms with Crippen LogP contribution in [0.3, 0.4) is 0 Å². The molecule has 1 atom stereocenters. The molecule has 0 saturated heterocycles. The number of rotatable bonds is 8. The molecular formula is C15H29NO4. The monoisotopic (exact) mass is 287 g/mol. The molecule has 0 spiro atoms. The van der Waals surface area contributed by atoms with Gasteiger partial charge in [0.25, 0.3) is 0 Å². The van der Waals surface area contributed by atoms with Crippen molar-refractivity contribution in [3.05, 3.63) is 0 Å². The summed E-state index contributed by atoms with van der Waals surface area (Å²) in [6.45, 7) is 5.64. The maximum absolute atomic E-state index is 11.7. The van der Waals surface area contributed by atoms with E-state index in [1.807, 2.05) is 6.92 Å². The van der Waals surface area contributed by atoms with Crippen LogP contribution in [0.2, 0.25) is 0 Å². The van der Waals surface area contributed by atoms with E-state index in [0.717, 1.165) is 13.0 Å². The van der Waals surface area contributed by atoms with Gasteiger partial charge in [0.05, 0.1) is 18.1 Å². The molecule has 1 fully saturated rings. The number of aliphatic hydroxyl groups is 1. The summed E-state index contributed by atoms with van der Waals surface area (Å²) in [6, 6.07) is 0.321. The largest absolute Gasteiger partial charge is 0.466 e. The summed E-state index contributed by atoms with van der Waals surface area (Å²) in [5, 5.41) is 13.9. The minimum atomic E-state index is -0.690. The molecule has 2 N–H and O–H groups in total. The SMILES string of the molecule is CCOC(=O)C1CCC(O)(CNC(C)CCOC)CC1. The second-order valence-corrected chi connectivity index (χ2v) is 5.81. The zero-order chi connectivity index (χ0) is 15.0. The third kappa shape index (κ3) is 5.77. The molecule has 20 heavy (non-hydrogen) atoms. The van der Waals surface area contributed by atoms with Gasteiger partial charge in [-0.15, -0.1) is 0 Å². The predicted molar refractivity (Wildman–Crippen MR) is 77.5 cm³/mol. The molecule has 1 rings (SSSR count). The fraction of sp³-hybridized carbons (Fsp3) is 0.933. The molecule has 1 aliphatic carbocycles. The Kier molecular flexibility index (Phi) is 7.48. The van der Waals surface area contributed by atoms with Crippen molar-refractivity contribution in [1.29, 1.82) is 0 Å². The molecule has 0 heterocycles. The third-order valence-electron chi connectivity index (χ3n) is 4.07. The van der Waals surface area contributed by atoms with Crippen molar-refractivity contribution < 1.29 is 19.4 Å². The van der Waals surface area contributed by atoms with Crippen molar-refractivity contribution in [3.63, 3.8) is 0 Å². The molecule has 0 aromatic heterocycles. The summed E-state index contributed by atoms with van der Waals surface area (Å²) < 4.78 is 10.1. The van der Waals surface area contributed by atoms with Crippen LogP contribution in [0.25, 0.3) is 0 Å². The lowest BCUT2D eigenvalue weighted by Gasteiger charge is -2.36. The molecule has 0 aliphatic heterocycles. The lowest BCUT2D eigenvalue weighted by Crippen LogP contribution is -2.47. The predicted octanol–water partition coefficient (Wildman–Crippen LogP) is 1.49. The van der Waals surface area contributed by atoms with Crippen LogP contribution < -0.4 is 5.32 Å². The van der Waals surface area contributed by atoms with E-state index in [1.54, 1.807) is 7.11 Å². The number of hydrogen-bond acceptors (Lipinski definition) is 5. The maximum atomic E-state index is 11.7. The molecule has 1 aliphatic rings. The Bertz CT molecular complexity index is 288. The molecule has 5 heteroatoms. The van der Waals surface area contributed by atoms with Gasteiger partial charge in [-0.05, 0) is 46.0 Å². The highest BCUT2D eigenvalue weighted by Crippen LogP contribution is 2.32. The van der Waals surface area contributed by atoms with Gasteiger partial charge < -0.3 is 19.9 Å². The van der Waals surface area contributed by atoms with E-state index < -0.39 is 5.60 Å². The van der Waals surface area contributed by atoms with Gasteiger partial charge in [-0.1, -0.05) is 0 Å². The number of nitrogens with one attached hydrogen (secondary N) is 1. The lowest BCUT2D eigenvalue weighted by atomic mass is 9.78. The summed E-state index contributed by atoms with van der Waals surface area (Å²) in [5.74, 6) is -0.155. The quantitative estimate of drug-likeness (QED) is 0.662. The van der Waals surface area contributed by atoms with Crippen LogP contribution in [-0.4, -0.2) is 49.6 Å². The highest BCUT2D eigenvalue weighted by atomic mass is 16.5. The third-order valence-corrected chi connectivity index (χ3v) is 4.07. The first-order chi connectivity index (χ1) is 9.50.